The maximum Gasteiger partial charge on any atom is 0.251 e. The molecule has 0 spiro atoms. The van der Waals surface area contributed by atoms with Crippen molar-refractivity contribution in [3.63, 3.8) is 0 Å². The molecule has 0 saturated carbocycles. The number of carbonyl (C=O) groups excluding carboxylic acids is 2. The molecular formula is C17H21N3O2. The van der Waals surface area contributed by atoms with E-state index >= 15 is 0 Å². The molecule has 0 fully saturated rings. The number of benzene rings is 1. The van der Waals surface area contributed by atoms with Crippen molar-refractivity contribution in [1.82, 2.24) is 9.88 Å². The lowest BCUT2D eigenvalue weighted by Crippen LogP contribution is -2.15. The van der Waals surface area contributed by atoms with E-state index < -0.39 is 5.91 Å². The van der Waals surface area contributed by atoms with Crippen LogP contribution in [0.3, 0.4) is 0 Å². The Morgan fingerprint density at radius 3 is 2.23 bits per heavy atom. The predicted octanol–water partition coefficient (Wildman–Crippen LogP) is 2.17. The number of nitrogens with zero attached hydrogens (tertiary/aromatic N) is 2. The fourth-order valence-electron chi connectivity index (χ4n) is 1.98. The first-order valence-corrected chi connectivity index (χ1v) is 6.81. The van der Waals surface area contributed by atoms with Crippen LogP contribution in [0.4, 0.5) is 0 Å². The summed E-state index contributed by atoms with van der Waals surface area (Å²) in [5.74, 6) is -0.436. The van der Waals surface area contributed by atoms with Gasteiger partial charge in [0, 0.05) is 20.3 Å². The van der Waals surface area contributed by atoms with Crippen molar-refractivity contribution in [2.45, 2.75) is 13.8 Å². The molecular weight excluding hydrogens is 278 g/mol. The highest BCUT2D eigenvalue weighted by Gasteiger charge is 2.14. The Kier molecular flexibility index (Phi) is 6.25. The topological polar surface area (TPSA) is 76.3 Å². The SMILES string of the molecule is CN(C)C=O.Cc1ccccc1-c1ccnc(C)c1C(N)=O. The molecule has 0 aliphatic rings. The Bertz CT molecular complexity index is 667. The second kappa shape index (κ2) is 7.93. The zero-order valence-corrected chi connectivity index (χ0v) is 13.3. The average Bonchev–Trinajstić information content (AvgIpc) is 2.47. The highest BCUT2D eigenvalue weighted by Crippen LogP contribution is 2.27. The van der Waals surface area contributed by atoms with E-state index in [1.54, 1.807) is 27.2 Å². The van der Waals surface area contributed by atoms with E-state index in [0.29, 0.717) is 11.3 Å². The van der Waals surface area contributed by atoms with Gasteiger partial charge in [-0.05, 0) is 36.6 Å². The van der Waals surface area contributed by atoms with E-state index in [0.717, 1.165) is 23.1 Å². The summed E-state index contributed by atoms with van der Waals surface area (Å²) in [7, 11) is 3.38. The van der Waals surface area contributed by atoms with Crippen molar-refractivity contribution in [3.05, 3.63) is 53.3 Å². The van der Waals surface area contributed by atoms with Crippen LogP contribution in [0.5, 0.6) is 0 Å². The third kappa shape index (κ3) is 4.41. The predicted molar refractivity (Wildman–Crippen MR) is 87.4 cm³/mol. The van der Waals surface area contributed by atoms with Gasteiger partial charge in [0.25, 0.3) is 5.91 Å². The van der Waals surface area contributed by atoms with Crippen LogP contribution < -0.4 is 5.73 Å². The van der Waals surface area contributed by atoms with Crippen molar-refractivity contribution >= 4 is 12.3 Å². The van der Waals surface area contributed by atoms with E-state index in [2.05, 4.69) is 4.98 Å². The van der Waals surface area contributed by atoms with Crippen molar-refractivity contribution in [1.29, 1.82) is 0 Å². The summed E-state index contributed by atoms with van der Waals surface area (Å²) in [5.41, 5.74) is 9.57. The third-order valence-electron chi connectivity index (χ3n) is 3.03. The number of nitrogens with two attached hydrogens (primary N) is 1. The lowest BCUT2D eigenvalue weighted by atomic mass is 9.95. The highest BCUT2D eigenvalue weighted by atomic mass is 16.1. The first kappa shape index (κ1) is 17.4. The molecule has 1 aromatic heterocycles. The summed E-state index contributed by atoms with van der Waals surface area (Å²) < 4.78 is 0. The summed E-state index contributed by atoms with van der Waals surface area (Å²) in [4.78, 5) is 26.5. The van der Waals surface area contributed by atoms with Gasteiger partial charge in [0.1, 0.15) is 0 Å². The van der Waals surface area contributed by atoms with Gasteiger partial charge in [-0.15, -0.1) is 0 Å². The molecule has 2 rings (SSSR count). The minimum Gasteiger partial charge on any atom is -0.366 e. The smallest absolute Gasteiger partial charge is 0.251 e. The first-order chi connectivity index (χ1) is 10.4. The Morgan fingerprint density at radius 1 is 1.14 bits per heavy atom. The van der Waals surface area contributed by atoms with Gasteiger partial charge in [0.15, 0.2) is 0 Å². The number of hydrogen-bond acceptors (Lipinski definition) is 3. The van der Waals surface area contributed by atoms with Gasteiger partial charge in [-0.25, -0.2) is 0 Å². The fourth-order valence-corrected chi connectivity index (χ4v) is 1.98. The molecule has 2 N–H and O–H groups in total. The first-order valence-electron chi connectivity index (χ1n) is 6.81. The Balaban J connectivity index is 0.000000422. The molecule has 22 heavy (non-hydrogen) atoms. The maximum atomic E-state index is 11.5. The van der Waals surface area contributed by atoms with Crippen molar-refractivity contribution in [2.75, 3.05) is 14.1 Å². The molecule has 0 radical (unpaired) electrons. The molecule has 0 aliphatic heterocycles. The monoisotopic (exact) mass is 299 g/mol. The van der Waals surface area contributed by atoms with Gasteiger partial charge < -0.3 is 10.6 Å². The number of rotatable bonds is 3. The summed E-state index contributed by atoms with van der Waals surface area (Å²) in [6, 6.07) is 9.74. The minimum atomic E-state index is -0.436. The second-order valence-electron chi connectivity index (χ2n) is 5.07. The van der Waals surface area contributed by atoms with E-state index in [1.807, 2.05) is 37.3 Å². The Hall–Kier alpha value is -2.69. The zero-order chi connectivity index (χ0) is 16.7. The van der Waals surface area contributed by atoms with Gasteiger partial charge in [-0.2, -0.15) is 0 Å². The maximum absolute atomic E-state index is 11.5. The number of carbonyl (C=O) groups is 2. The number of primary amides is 1. The van der Waals surface area contributed by atoms with Crippen LogP contribution >= 0.6 is 0 Å². The van der Waals surface area contributed by atoms with Crippen LogP contribution in [0.15, 0.2) is 36.5 Å². The number of aryl methyl sites for hydroxylation is 2. The molecule has 1 heterocycles. The van der Waals surface area contributed by atoms with Crippen LogP contribution in [0, 0.1) is 13.8 Å². The largest absolute Gasteiger partial charge is 0.366 e. The molecule has 0 unspecified atom stereocenters. The van der Waals surface area contributed by atoms with Gasteiger partial charge >= 0.3 is 0 Å². The standard InChI is InChI=1S/C14H14N2O.C3H7NO/c1-9-5-3-4-6-11(9)12-7-8-16-10(2)13(12)14(15)17;1-4(2)3-5/h3-8H,1-2H3,(H2,15,17);3H,1-2H3. The van der Waals surface area contributed by atoms with Crippen molar-refractivity contribution in [3.8, 4) is 11.1 Å². The zero-order valence-electron chi connectivity index (χ0n) is 13.3. The van der Waals surface area contributed by atoms with E-state index in [9.17, 15) is 9.59 Å². The quantitative estimate of drug-likeness (QED) is 0.882. The fraction of sp³-hybridized carbons (Fsp3) is 0.235. The van der Waals surface area contributed by atoms with Crippen LogP contribution in [-0.2, 0) is 4.79 Å². The second-order valence-corrected chi connectivity index (χ2v) is 5.07. The Morgan fingerprint density at radius 2 is 1.73 bits per heavy atom. The van der Waals surface area contributed by atoms with Crippen LogP contribution in [0.25, 0.3) is 11.1 Å². The molecule has 116 valence electrons. The number of pyridine rings is 1. The van der Waals surface area contributed by atoms with Crippen molar-refractivity contribution in [2.24, 2.45) is 5.73 Å². The Labute approximate surface area is 130 Å². The summed E-state index contributed by atoms with van der Waals surface area (Å²) in [6.07, 6.45) is 2.45. The van der Waals surface area contributed by atoms with E-state index in [-0.39, 0.29) is 0 Å². The minimum absolute atomic E-state index is 0.436. The molecule has 5 heteroatoms. The molecule has 1 aromatic carbocycles. The summed E-state index contributed by atoms with van der Waals surface area (Å²) >= 11 is 0. The van der Waals surface area contributed by atoms with Gasteiger partial charge in [-0.1, -0.05) is 24.3 Å². The lowest BCUT2D eigenvalue weighted by Gasteiger charge is -2.11. The number of hydrogen-bond donors (Lipinski definition) is 1. The summed E-state index contributed by atoms with van der Waals surface area (Å²) in [6.45, 7) is 3.80. The van der Waals surface area contributed by atoms with Crippen LogP contribution in [0.2, 0.25) is 0 Å². The van der Waals surface area contributed by atoms with Crippen LogP contribution in [-0.4, -0.2) is 36.3 Å². The molecule has 0 saturated heterocycles. The third-order valence-corrected chi connectivity index (χ3v) is 3.03. The molecule has 2 aromatic rings. The van der Waals surface area contributed by atoms with Gasteiger partial charge in [0.2, 0.25) is 6.41 Å². The highest BCUT2D eigenvalue weighted by molar-refractivity contribution is 6.01. The lowest BCUT2D eigenvalue weighted by molar-refractivity contribution is -0.115. The van der Waals surface area contributed by atoms with E-state index in [1.165, 1.54) is 4.90 Å². The summed E-state index contributed by atoms with van der Waals surface area (Å²) in [5, 5.41) is 0. The van der Waals surface area contributed by atoms with Gasteiger partial charge in [0.05, 0.1) is 11.3 Å². The van der Waals surface area contributed by atoms with E-state index in [4.69, 9.17) is 5.73 Å². The molecule has 5 nitrogen and oxygen atoms in total. The molecule has 0 aliphatic carbocycles. The van der Waals surface area contributed by atoms with Crippen LogP contribution in [0.1, 0.15) is 21.6 Å². The van der Waals surface area contributed by atoms with Crippen molar-refractivity contribution < 1.29 is 9.59 Å². The molecule has 0 atom stereocenters. The molecule has 2 amide bonds. The number of aromatic nitrogens is 1. The average molecular weight is 299 g/mol. The number of amides is 2. The normalized spacial score (nSPS) is 9.45. The molecule has 0 bridgehead atoms. The van der Waals surface area contributed by atoms with Gasteiger partial charge in [-0.3, -0.25) is 14.6 Å².